The van der Waals surface area contributed by atoms with Crippen molar-refractivity contribution in [3.8, 4) is 11.5 Å². The molecule has 0 amide bonds. The molecule has 0 radical (unpaired) electrons. The van der Waals surface area contributed by atoms with E-state index < -0.39 is 23.1 Å². The zero-order valence-corrected chi connectivity index (χ0v) is 15.7. The second-order valence-electron chi connectivity index (χ2n) is 7.53. The molecule has 0 spiro atoms. The van der Waals surface area contributed by atoms with Gasteiger partial charge in [0, 0.05) is 23.9 Å². The largest absolute Gasteiger partial charge is 0.504 e. The molecule has 1 saturated heterocycles. The molecule has 0 unspecified atom stereocenters. The highest BCUT2D eigenvalue weighted by Gasteiger charge is 2.63. The number of ether oxygens (including phenoxy) is 1. The zero-order valence-electron chi connectivity index (χ0n) is 15.7. The van der Waals surface area contributed by atoms with Crippen molar-refractivity contribution >= 4 is 5.97 Å². The second kappa shape index (κ2) is 7.63. The normalized spacial score (nSPS) is 33.3. The van der Waals surface area contributed by atoms with Gasteiger partial charge in [0.25, 0.3) is 5.97 Å². The van der Waals surface area contributed by atoms with E-state index in [4.69, 9.17) is 14.6 Å². The van der Waals surface area contributed by atoms with E-state index in [-0.39, 0.29) is 17.3 Å². The molecule has 1 aromatic carbocycles. The maximum Gasteiger partial charge on any atom is 0.300 e. The molecule has 4 rings (SSSR count). The molecule has 4 atom stereocenters. The van der Waals surface area contributed by atoms with Crippen molar-refractivity contribution in [3.05, 3.63) is 23.3 Å². The molecule has 7 N–H and O–H groups in total. The summed E-state index contributed by atoms with van der Waals surface area (Å²) in [6, 6.07) is 3.74. The number of aliphatic hydroxyl groups is 2. The Labute approximate surface area is 158 Å². The van der Waals surface area contributed by atoms with Crippen LogP contribution >= 0.6 is 0 Å². The molecule has 0 aromatic heterocycles. The number of phenolic OH excluding ortho intramolecular Hbond substituents is 1. The fraction of sp³-hybridized carbons (Fsp3) is 0.632. The van der Waals surface area contributed by atoms with Gasteiger partial charge in [0.05, 0.1) is 18.8 Å². The fourth-order valence-corrected chi connectivity index (χ4v) is 5.15. The Balaban J connectivity index is 0.000000479. The standard InChI is InChI=1S/C17H23NO4.C2H4O2.H2O/c1-22-12-3-2-10-8-13-17(21)5-4-11(19)9-16(17,6-7-18-13)14(10)15(12)20;1-2(3)4;/h2-3,11,13,18-21H,4-9H2,1H3;1H3,(H,3,4);1H2/t11-,13+,16+,17-;;/m1../s1. The summed E-state index contributed by atoms with van der Waals surface area (Å²) in [5, 5.41) is 43.4. The van der Waals surface area contributed by atoms with Gasteiger partial charge in [-0.25, -0.2) is 0 Å². The predicted molar refractivity (Wildman–Crippen MR) is 98.2 cm³/mol. The number of aromatic hydroxyl groups is 1. The zero-order chi connectivity index (χ0) is 19.1. The summed E-state index contributed by atoms with van der Waals surface area (Å²) in [6.45, 7) is 1.87. The van der Waals surface area contributed by atoms with Gasteiger partial charge in [-0.05, 0) is 50.3 Å². The SMILES string of the molecule is CC(=O)O.COc1ccc2c(c1O)[C@@]13CCN[C@@H](C2)[C@]1(O)CC[C@@H](O)C3.O. The molecule has 8 nitrogen and oxygen atoms in total. The van der Waals surface area contributed by atoms with Crippen molar-refractivity contribution in [2.45, 2.75) is 62.2 Å². The second-order valence-corrected chi connectivity index (χ2v) is 7.53. The maximum atomic E-state index is 11.5. The number of carboxylic acid groups (broad SMARTS) is 1. The summed E-state index contributed by atoms with van der Waals surface area (Å²) >= 11 is 0. The number of benzene rings is 1. The summed E-state index contributed by atoms with van der Waals surface area (Å²) < 4.78 is 5.28. The highest BCUT2D eigenvalue weighted by atomic mass is 16.5. The number of phenols is 1. The lowest BCUT2D eigenvalue weighted by molar-refractivity contribution is -0.146. The summed E-state index contributed by atoms with van der Waals surface area (Å²) in [6.07, 6.45) is 2.63. The van der Waals surface area contributed by atoms with E-state index in [1.165, 1.54) is 7.11 Å². The van der Waals surface area contributed by atoms with E-state index in [1.807, 2.05) is 6.07 Å². The highest BCUT2D eigenvalue weighted by molar-refractivity contribution is 5.63. The first-order valence-electron chi connectivity index (χ1n) is 8.98. The first kappa shape index (κ1) is 21.4. The number of aliphatic carboxylic acids is 1. The van der Waals surface area contributed by atoms with Gasteiger partial charge in [-0.15, -0.1) is 0 Å². The number of rotatable bonds is 1. The van der Waals surface area contributed by atoms with Crippen LogP contribution in [0.15, 0.2) is 12.1 Å². The molecule has 3 aliphatic rings. The Kier molecular flexibility index (Phi) is 6.06. The van der Waals surface area contributed by atoms with Crippen molar-refractivity contribution < 1.29 is 35.4 Å². The lowest BCUT2D eigenvalue weighted by Gasteiger charge is -2.61. The third-order valence-electron chi connectivity index (χ3n) is 6.14. The van der Waals surface area contributed by atoms with Crippen molar-refractivity contribution in [1.29, 1.82) is 0 Å². The van der Waals surface area contributed by atoms with Gasteiger partial charge < -0.3 is 36.0 Å². The molecule has 2 aliphatic carbocycles. The van der Waals surface area contributed by atoms with E-state index >= 15 is 0 Å². The number of carboxylic acids is 1. The molecule has 2 bridgehead atoms. The maximum absolute atomic E-state index is 11.5. The molecule has 152 valence electrons. The van der Waals surface area contributed by atoms with Gasteiger partial charge >= 0.3 is 0 Å². The quantitative estimate of drug-likeness (QED) is 0.461. The van der Waals surface area contributed by atoms with E-state index in [2.05, 4.69) is 5.32 Å². The predicted octanol–water partition coefficient (Wildman–Crippen LogP) is 0.0987. The monoisotopic (exact) mass is 383 g/mol. The molecule has 27 heavy (non-hydrogen) atoms. The first-order valence-corrected chi connectivity index (χ1v) is 8.98. The van der Waals surface area contributed by atoms with Crippen LogP contribution in [0, 0.1) is 0 Å². The summed E-state index contributed by atoms with van der Waals surface area (Å²) in [5.74, 6) is -0.264. The van der Waals surface area contributed by atoms with Crippen molar-refractivity contribution in [3.63, 3.8) is 0 Å². The molecule has 2 fully saturated rings. The Morgan fingerprint density at radius 1 is 1.33 bits per heavy atom. The molecular weight excluding hydrogens is 354 g/mol. The average molecular weight is 383 g/mol. The molecular formula is C19H29NO7. The minimum atomic E-state index is -0.915. The van der Waals surface area contributed by atoms with Crippen LogP contribution < -0.4 is 10.1 Å². The summed E-state index contributed by atoms with van der Waals surface area (Å²) in [7, 11) is 1.54. The van der Waals surface area contributed by atoms with Gasteiger partial charge in [-0.3, -0.25) is 4.79 Å². The fourth-order valence-electron chi connectivity index (χ4n) is 5.15. The van der Waals surface area contributed by atoms with Crippen LogP contribution in [0.4, 0.5) is 0 Å². The molecule has 1 heterocycles. The Morgan fingerprint density at radius 3 is 2.63 bits per heavy atom. The van der Waals surface area contributed by atoms with Gasteiger partial charge in [-0.1, -0.05) is 6.07 Å². The number of hydrogen-bond acceptors (Lipinski definition) is 6. The van der Waals surface area contributed by atoms with Crippen molar-refractivity contribution in [2.24, 2.45) is 0 Å². The van der Waals surface area contributed by atoms with Gasteiger partial charge in [0.15, 0.2) is 11.5 Å². The Hall–Kier alpha value is -1.87. The topological polar surface area (TPSA) is 151 Å². The van der Waals surface area contributed by atoms with Gasteiger partial charge in [0.2, 0.25) is 0 Å². The number of nitrogens with one attached hydrogen (secondary N) is 1. The highest BCUT2D eigenvalue weighted by Crippen LogP contribution is 2.59. The Bertz CT molecular complexity index is 706. The summed E-state index contributed by atoms with van der Waals surface area (Å²) in [4.78, 5) is 9.00. The van der Waals surface area contributed by atoms with Crippen LogP contribution in [0.25, 0.3) is 0 Å². The number of carbonyl (C=O) groups is 1. The third kappa shape index (κ3) is 3.27. The van der Waals surface area contributed by atoms with Crippen LogP contribution in [0.2, 0.25) is 0 Å². The molecule has 1 aliphatic heterocycles. The molecule has 8 heteroatoms. The number of fused-ring (bicyclic) bond motifs is 1. The number of methoxy groups -OCH3 is 1. The number of aliphatic hydroxyl groups excluding tert-OH is 1. The minimum Gasteiger partial charge on any atom is -0.504 e. The van der Waals surface area contributed by atoms with Crippen LogP contribution in [0.5, 0.6) is 11.5 Å². The summed E-state index contributed by atoms with van der Waals surface area (Å²) in [5.41, 5.74) is 0.341. The smallest absolute Gasteiger partial charge is 0.300 e. The average Bonchev–Trinajstić information content (AvgIpc) is 2.54. The van der Waals surface area contributed by atoms with E-state index in [0.29, 0.717) is 37.9 Å². The lowest BCUT2D eigenvalue weighted by atomic mass is 9.49. The van der Waals surface area contributed by atoms with Crippen LogP contribution in [-0.2, 0) is 16.6 Å². The number of piperidine rings is 1. The minimum absolute atomic E-state index is 0. The van der Waals surface area contributed by atoms with Crippen LogP contribution in [-0.4, -0.2) is 63.3 Å². The number of hydrogen-bond donors (Lipinski definition) is 5. The Morgan fingerprint density at radius 2 is 2.00 bits per heavy atom. The van der Waals surface area contributed by atoms with Gasteiger partial charge in [0.1, 0.15) is 0 Å². The van der Waals surface area contributed by atoms with E-state index in [0.717, 1.165) is 24.6 Å². The van der Waals surface area contributed by atoms with Crippen LogP contribution in [0.3, 0.4) is 0 Å². The lowest BCUT2D eigenvalue weighted by Crippen LogP contribution is -2.72. The first-order chi connectivity index (χ1) is 12.2. The van der Waals surface area contributed by atoms with E-state index in [1.54, 1.807) is 6.07 Å². The van der Waals surface area contributed by atoms with E-state index in [9.17, 15) is 15.3 Å². The molecule has 1 aromatic rings. The third-order valence-corrected chi connectivity index (χ3v) is 6.14. The van der Waals surface area contributed by atoms with Crippen LogP contribution in [0.1, 0.15) is 43.7 Å². The molecule has 1 saturated carbocycles. The van der Waals surface area contributed by atoms with Gasteiger partial charge in [-0.2, -0.15) is 0 Å². The van der Waals surface area contributed by atoms with Crippen molar-refractivity contribution in [1.82, 2.24) is 5.32 Å². The van der Waals surface area contributed by atoms with Crippen molar-refractivity contribution in [2.75, 3.05) is 13.7 Å².